The van der Waals surface area contributed by atoms with E-state index in [9.17, 15) is 0 Å². The van der Waals surface area contributed by atoms with Gasteiger partial charge in [0.25, 0.3) is 0 Å². The predicted octanol–water partition coefficient (Wildman–Crippen LogP) is 3.33. The van der Waals surface area contributed by atoms with Crippen LogP contribution >= 0.6 is 23.2 Å². The van der Waals surface area contributed by atoms with Crippen molar-refractivity contribution in [3.05, 3.63) is 39.5 Å². The first kappa shape index (κ1) is 14.2. The SMILES string of the molecule is Cc1nn(C)c(Oc2cc(Cl)ccc2Cl)c1CCN. The molecular formula is C13H15Cl2N3O. The molecule has 4 nitrogen and oxygen atoms in total. The van der Waals surface area contributed by atoms with Crippen LogP contribution in [-0.2, 0) is 13.5 Å². The Labute approximate surface area is 122 Å². The first-order chi connectivity index (χ1) is 9.02. The molecule has 0 spiro atoms. The van der Waals surface area contributed by atoms with Crippen molar-refractivity contribution in [3.8, 4) is 11.6 Å². The van der Waals surface area contributed by atoms with Crippen molar-refractivity contribution >= 4 is 23.2 Å². The molecule has 102 valence electrons. The fourth-order valence-electron chi connectivity index (χ4n) is 1.90. The summed E-state index contributed by atoms with van der Waals surface area (Å²) in [5, 5.41) is 5.41. The van der Waals surface area contributed by atoms with Crippen LogP contribution in [0.2, 0.25) is 10.0 Å². The van der Waals surface area contributed by atoms with Gasteiger partial charge in [-0.25, -0.2) is 4.68 Å². The van der Waals surface area contributed by atoms with Gasteiger partial charge < -0.3 is 10.5 Å². The Bertz CT molecular complexity index is 596. The minimum atomic E-state index is 0.502. The van der Waals surface area contributed by atoms with Crippen LogP contribution in [0.1, 0.15) is 11.3 Å². The summed E-state index contributed by atoms with van der Waals surface area (Å²) < 4.78 is 7.53. The van der Waals surface area contributed by atoms with Crippen molar-refractivity contribution in [1.29, 1.82) is 0 Å². The molecule has 0 saturated heterocycles. The maximum atomic E-state index is 6.10. The minimum absolute atomic E-state index is 0.502. The molecule has 0 amide bonds. The fraction of sp³-hybridized carbons (Fsp3) is 0.308. The molecule has 1 heterocycles. The monoisotopic (exact) mass is 299 g/mol. The Morgan fingerprint density at radius 3 is 2.79 bits per heavy atom. The molecule has 0 aliphatic carbocycles. The molecule has 1 aromatic carbocycles. The number of nitrogens with zero attached hydrogens (tertiary/aromatic N) is 2. The average molecular weight is 300 g/mol. The van der Waals surface area contributed by atoms with E-state index in [1.165, 1.54) is 0 Å². The topological polar surface area (TPSA) is 53.1 Å². The number of halogens is 2. The van der Waals surface area contributed by atoms with Gasteiger partial charge in [0, 0.05) is 23.7 Å². The number of rotatable bonds is 4. The number of aryl methyl sites for hydroxylation is 2. The molecule has 0 aliphatic rings. The Hall–Kier alpha value is -1.23. The molecular weight excluding hydrogens is 285 g/mol. The van der Waals surface area contributed by atoms with Gasteiger partial charge in [0.15, 0.2) is 0 Å². The van der Waals surface area contributed by atoms with Crippen molar-refractivity contribution in [1.82, 2.24) is 9.78 Å². The van der Waals surface area contributed by atoms with E-state index in [1.807, 2.05) is 14.0 Å². The first-order valence-corrected chi connectivity index (χ1v) is 6.64. The Morgan fingerprint density at radius 1 is 1.37 bits per heavy atom. The quantitative estimate of drug-likeness (QED) is 0.942. The van der Waals surface area contributed by atoms with E-state index in [4.69, 9.17) is 33.7 Å². The highest BCUT2D eigenvalue weighted by molar-refractivity contribution is 6.34. The first-order valence-electron chi connectivity index (χ1n) is 5.88. The summed E-state index contributed by atoms with van der Waals surface area (Å²) in [6, 6.07) is 5.09. The molecule has 0 unspecified atom stereocenters. The second kappa shape index (κ2) is 5.82. The van der Waals surface area contributed by atoms with Crippen LogP contribution < -0.4 is 10.5 Å². The van der Waals surface area contributed by atoms with Crippen LogP contribution in [-0.4, -0.2) is 16.3 Å². The highest BCUT2D eigenvalue weighted by Crippen LogP contribution is 2.34. The van der Waals surface area contributed by atoms with Gasteiger partial charge in [-0.2, -0.15) is 5.10 Å². The number of hydrogen-bond donors (Lipinski definition) is 1. The molecule has 0 aliphatic heterocycles. The third-order valence-electron chi connectivity index (χ3n) is 2.78. The third-order valence-corrected chi connectivity index (χ3v) is 3.33. The van der Waals surface area contributed by atoms with Gasteiger partial charge in [-0.1, -0.05) is 23.2 Å². The molecule has 2 rings (SSSR count). The highest BCUT2D eigenvalue weighted by Gasteiger charge is 2.16. The largest absolute Gasteiger partial charge is 0.437 e. The van der Waals surface area contributed by atoms with Crippen LogP contribution in [0.5, 0.6) is 11.6 Å². The van der Waals surface area contributed by atoms with Crippen molar-refractivity contribution in [2.24, 2.45) is 12.8 Å². The molecule has 0 atom stereocenters. The van der Waals surface area contributed by atoms with E-state index >= 15 is 0 Å². The van der Waals surface area contributed by atoms with E-state index in [2.05, 4.69) is 5.10 Å². The second-order valence-corrected chi connectivity index (χ2v) is 5.05. The molecule has 1 aromatic heterocycles. The number of ether oxygens (including phenoxy) is 1. The van der Waals surface area contributed by atoms with Gasteiger partial charge in [-0.05, 0) is 32.0 Å². The Kier molecular flexibility index (Phi) is 4.34. The van der Waals surface area contributed by atoms with Crippen LogP contribution in [0, 0.1) is 6.92 Å². The average Bonchev–Trinajstić information content (AvgIpc) is 2.61. The van der Waals surface area contributed by atoms with E-state index in [1.54, 1.807) is 22.9 Å². The Morgan fingerprint density at radius 2 is 2.11 bits per heavy atom. The summed E-state index contributed by atoms with van der Waals surface area (Å²) in [4.78, 5) is 0. The van der Waals surface area contributed by atoms with Gasteiger partial charge >= 0.3 is 0 Å². The van der Waals surface area contributed by atoms with Crippen molar-refractivity contribution < 1.29 is 4.74 Å². The van der Waals surface area contributed by atoms with E-state index < -0.39 is 0 Å². The molecule has 0 bridgehead atoms. The maximum absolute atomic E-state index is 6.10. The number of aromatic nitrogens is 2. The van der Waals surface area contributed by atoms with Crippen molar-refractivity contribution in [3.63, 3.8) is 0 Å². The van der Waals surface area contributed by atoms with Crippen LogP contribution in [0.4, 0.5) is 0 Å². The van der Waals surface area contributed by atoms with Gasteiger partial charge in [-0.15, -0.1) is 0 Å². The fourth-order valence-corrected chi connectivity index (χ4v) is 2.22. The summed E-state index contributed by atoms with van der Waals surface area (Å²) in [6.45, 7) is 2.46. The standard InChI is InChI=1S/C13H15Cl2N3O/c1-8-10(5-6-16)13(18(2)17-8)19-12-7-9(14)3-4-11(12)15/h3-4,7H,5-6,16H2,1-2H3. The smallest absolute Gasteiger partial charge is 0.221 e. The molecule has 19 heavy (non-hydrogen) atoms. The van der Waals surface area contributed by atoms with Crippen molar-refractivity contribution in [2.45, 2.75) is 13.3 Å². The number of nitrogens with two attached hydrogens (primary N) is 1. The molecule has 0 fully saturated rings. The molecule has 0 radical (unpaired) electrons. The van der Waals surface area contributed by atoms with Gasteiger partial charge in [0.1, 0.15) is 5.75 Å². The van der Waals surface area contributed by atoms with E-state index in [0.29, 0.717) is 34.6 Å². The number of benzene rings is 1. The zero-order valence-corrected chi connectivity index (χ0v) is 12.3. The zero-order chi connectivity index (χ0) is 14.0. The Balaban J connectivity index is 2.40. The normalized spacial score (nSPS) is 10.8. The minimum Gasteiger partial charge on any atom is -0.437 e. The lowest BCUT2D eigenvalue weighted by Crippen LogP contribution is -2.05. The lowest BCUT2D eigenvalue weighted by atomic mass is 10.2. The van der Waals surface area contributed by atoms with Crippen LogP contribution in [0.15, 0.2) is 18.2 Å². The molecule has 0 saturated carbocycles. The summed E-state index contributed by atoms with van der Waals surface area (Å²) in [5.41, 5.74) is 7.51. The summed E-state index contributed by atoms with van der Waals surface area (Å²) in [5.74, 6) is 1.16. The van der Waals surface area contributed by atoms with E-state index in [0.717, 1.165) is 11.3 Å². The van der Waals surface area contributed by atoms with Crippen LogP contribution in [0.25, 0.3) is 0 Å². The van der Waals surface area contributed by atoms with Crippen molar-refractivity contribution in [2.75, 3.05) is 6.54 Å². The third kappa shape index (κ3) is 3.03. The highest BCUT2D eigenvalue weighted by atomic mass is 35.5. The predicted molar refractivity (Wildman–Crippen MR) is 77.2 cm³/mol. The van der Waals surface area contributed by atoms with Gasteiger partial charge in [-0.3, -0.25) is 0 Å². The summed E-state index contributed by atoms with van der Waals surface area (Å²) in [7, 11) is 1.82. The number of hydrogen-bond acceptors (Lipinski definition) is 3. The summed E-state index contributed by atoms with van der Waals surface area (Å²) >= 11 is 12.0. The molecule has 6 heteroatoms. The second-order valence-electron chi connectivity index (χ2n) is 4.21. The van der Waals surface area contributed by atoms with Crippen LogP contribution in [0.3, 0.4) is 0 Å². The summed E-state index contributed by atoms with van der Waals surface area (Å²) in [6.07, 6.45) is 0.702. The van der Waals surface area contributed by atoms with E-state index in [-0.39, 0.29) is 0 Å². The maximum Gasteiger partial charge on any atom is 0.221 e. The zero-order valence-electron chi connectivity index (χ0n) is 10.8. The molecule has 2 aromatic rings. The molecule has 2 N–H and O–H groups in total. The van der Waals surface area contributed by atoms with Gasteiger partial charge in [0.05, 0.1) is 10.7 Å². The lowest BCUT2D eigenvalue weighted by Gasteiger charge is -2.10. The lowest BCUT2D eigenvalue weighted by molar-refractivity contribution is 0.426. The van der Waals surface area contributed by atoms with Gasteiger partial charge in [0.2, 0.25) is 5.88 Å².